The molecule has 0 fully saturated rings. The number of hydrogen-bond donors (Lipinski definition) is 0. The maximum atomic E-state index is 4.56. The average Bonchev–Trinajstić information content (AvgIpc) is 2.53. The first kappa shape index (κ1) is 6.97. The molecule has 0 N–H and O–H groups in total. The van der Waals surface area contributed by atoms with Crippen LogP contribution in [0.25, 0.3) is 11.4 Å². The van der Waals surface area contributed by atoms with Crippen molar-refractivity contribution >= 4 is 0 Å². The predicted molar refractivity (Wildman–Crippen MR) is 42.3 cm³/mol. The maximum absolute atomic E-state index is 4.56. The largest absolute Gasteiger partial charge is 0.254 e. The lowest BCUT2D eigenvalue weighted by molar-refractivity contribution is 0.306. The van der Waals surface area contributed by atoms with E-state index in [-0.39, 0.29) is 0 Å². The Morgan fingerprint density at radius 2 is 2.17 bits per heavy atom. The van der Waals surface area contributed by atoms with Gasteiger partial charge >= 0.3 is 0 Å². The fourth-order valence-electron chi connectivity index (χ4n) is 0.967. The van der Waals surface area contributed by atoms with Crippen LogP contribution in [0.15, 0.2) is 29.0 Å². The molecule has 0 aliphatic rings. The minimum absolute atomic E-state index is 0.704. The van der Waals surface area contributed by atoms with Gasteiger partial charge in [0.2, 0.25) is 0 Å². The smallest absolute Gasteiger partial charge is 0.156 e. The van der Waals surface area contributed by atoms with Crippen molar-refractivity contribution in [2.45, 2.75) is 6.92 Å². The van der Waals surface area contributed by atoms with Crippen LogP contribution >= 0.6 is 0 Å². The number of hydrogen-bond acceptors (Lipinski definition) is 4. The van der Waals surface area contributed by atoms with Gasteiger partial charge in [0.25, 0.3) is 0 Å². The highest BCUT2D eigenvalue weighted by atomic mass is 16.6. The van der Waals surface area contributed by atoms with Gasteiger partial charge in [-0.15, -0.1) is 0 Å². The Bertz CT molecular complexity index is 369. The molecule has 0 aliphatic carbocycles. The molecule has 0 atom stereocenters. The van der Waals surface area contributed by atoms with Crippen LogP contribution in [0.3, 0.4) is 0 Å². The van der Waals surface area contributed by atoms with Crippen LogP contribution in [-0.2, 0) is 0 Å². The first-order chi connectivity index (χ1) is 5.88. The molecule has 2 heterocycles. The number of rotatable bonds is 1. The molecule has 0 saturated heterocycles. The SMILES string of the molecule is Cc1nonc1-c1ccccn1. The second kappa shape index (κ2) is 2.73. The van der Waals surface area contributed by atoms with E-state index in [0.29, 0.717) is 5.69 Å². The Balaban J connectivity index is 2.51. The lowest BCUT2D eigenvalue weighted by atomic mass is 10.2. The molecule has 2 aromatic heterocycles. The van der Waals surface area contributed by atoms with Crippen molar-refractivity contribution in [1.82, 2.24) is 15.3 Å². The predicted octanol–water partition coefficient (Wildman–Crippen LogP) is 1.44. The van der Waals surface area contributed by atoms with Gasteiger partial charge in [0.1, 0.15) is 5.69 Å². The van der Waals surface area contributed by atoms with E-state index in [1.807, 2.05) is 25.1 Å². The molecule has 4 heteroatoms. The summed E-state index contributed by atoms with van der Waals surface area (Å²) in [6, 6.07) is 5.62. The Morgan fingerprint density at radius 3 is 2.75 bits per heavy atom. The first-order valence-electron chi connectivity index (χ1n) is 3.58. The molecule has 2 aromatic rings. The zero-order chi connectivity index (χ0) is 8.39. The minimum atomic E-state index is 0.704. The van der Waals surface area contributed by atoms with Gasteiger partial charge in [-0.1, -0.05) is 11.2 Å². The lowest BCUT2D eigenvalue weighted by Gasteiger charge is -1.91. The topological polar surface area (TPSA) is 51.8 Å². The molecule has 0 aliphatic heterocycles. The van der Waals surface area contributed by atoms with Crippen LogP contribution in [0.2, 0.25) is 0 Å². The number of nitrogens with zero attached hydrogens (tertiary/aromatic N) is 3. The average molecular weight is 161 g/mol. The van der Waals surface area contributed by atoms with Gasteiger partial charge < -0.3 is 0 Å². The molecular weight excluding hydrogens is 154 g/mol. The third-order valence-electron chi connectivity index (χ3n) is 1.56. The van der Waals surface area contributed by atoms with Gasteiger partial charge in [0.05, 0.1) is 5.69 Å². The van der Waals surface area contributed by atoms with E-state index < -0.39 is 0 Å². The highest BCUT2D eigenvalue weighted by Gasteiger charge is 2.07. The monoisotopic (exact) mass is 161 g/mol. The lowest BCUT2D eigenvalue weighted by Crippen LogP contribution is -1.83. The zero-order valence-corrected chi connectivity index (χ0v) is 6.56. The van der Waals surface area contributed by atoms with Crippen molar-refractivity contribution in [3.63, 3.8) is 0 Å². The molecule has 0 radical (unpaired) electrons. The normalized spacial score (nSPS) is 10.1. The highest BCUT2D eigenvalue weighted by Crippen LogP contribution is 2.15. The van der Waals surface area contributed by atoms with Gasteiger partial charge in [-0.3, -0.25) is 4.98 Å². The Hall–Kier alpha value is -1.71. The molecule has 4 nitrogen and oxygen atoms in total. The van der Waals surface area contributed by atoms with Crippen molar-refractivity contribution in [2.24, 2.45) is 0 Å². The van der Waals surface area contributed by atoms with E-state index in [4.69, 9.17) is 0 Å². The zero-order valence-electron chi connectivity index (χ0n) is 6.56. The van der Waals surface area contributed by atoms with E-state index >= 15 is 0 Å². The van der Waals surface area contributed by atoms with Crippen LogP contribution in [0.5, 0.6) is 0 Å². The second-order valence-electron chi connectivity index (χ2n) is 2.41. The molecule has 0 amide bonds. The summed E-state index contributed by atoms with van der Waals surface area (Å²) in [7, 11) is 0. The van der Waals surface area contributed by atoms with Crippen molar-refractivity contribution < 1.29 is 4.63 Å². The van der Waals surface area contributed by atoms with Crippen molar-refractivity contribution in [2.75, 3.05) is 0 Å². The standard InChI is InChI=1S/C8H7N3O/c1-6-8(11-12-10-6)7-4-2-3-5-9-7/h2-5H,1H3. The molecule has 12 heavy (non-hydrogen) atoms. The summed E-state index contributed by atoms with van der Waals surface area (Å²) < 4.78 is 4.56. The summed E-state index contributed by atoms with van der Waals surface area (Å²) in [6.07, 6.45) is 1.71. The highest BCUT2D eigenvalue weighted by molar-refractivity contribution is 5.54. The second-order valence-corrected chi connectivity index (χ2v) is 2.41. The Morgan fingerprint density at radius 1 is 1.25 bits per heavy atom. The molecule has 0 aromatic carbocycles. The summed E-state index contributed by atoms with van der Waals surface area (Å²) in [5.74, 6) is 0. The minimum Gasteiger partial charge on any atom is -0.254 e. The van der Waals surface area contributed by atoms with Crippen LogP contribution in [0.4, 0.5) is 0 Å². The van der Waals surface area contributed by atoms with Crippen LogP contribution in [0, 0.1) is 6.92 Å². The van der Waals surface area contributed by atoms with E-state index in [2.05, 4.69) is 19.9 Å². The van der Waals surface area contributed by atoms with Gasteiger partial charge in [0, 0.05) is 6.20 Å². The van der Waals surface area contributed by atoms with Crippen molar-refractivity contribution in [1.29, 1.82) is 0 Å². The van der Waals surface area contributed by atoms with Gasteiger partial charge in [0.15, 0.2) is 5.69 Å². The van der Waals surface area contributed by atoms with E-state index in [9.17, 15) is 0 Å². The fraction of sp³-hybridized carbons (Fsp3) is 0.125. The van der Waals surface area contributed by atoms with Gasteiger partial charge in [-0.25, -0.2) is 4.63 Å². The fourth-order valence-corrected chi connectivity index (χ4v) is 0.967. The maximum Gasteiger partial charge on any atom is 0.156 e. The molecule has 60 valence electrons. The van der Waals surface area contributed by atoms with Gasteiger partial charge in [-0.05, 0) is 24.2 Å². The van der Waals surface area contributed by atoms with E-state index in [1.54, 1.807) is 6.20 Å². The molecule has 0 spiro atoms. The Kier molecular flexibility index (Phi) is 1.59. The quantitative estimate of drug-likeness (QED) is 0.635. The third-order valence-corrected chi connectivity index (χ3v) is 1.56. The number of aromatic nitrogens is 3. The summed E-state index contributed by atoms with van der Waals surface area (Å²) in [5.41, 5.74) is 2.25. The van der Waals surface area contributed by atoms with E-state index in [0.717, 1.165) is 11.4 Å². The number of pyridine rings is 1. The van der Waals surface area contributed by atoms with Crippen LogP contribution in [0.1, 0.15) is 5.69 Å². The van der Waals surface area contributed by atoms with Gasteiger partial charge in [-0.2, -0.15) is 0 Å². The van der Waals surface area contributed by atoms with E-state index in [1.165, 1.54) is 0 Å². The van der Waals surface area contributed by atoms with Crippen LogP contribution < -0.4 is 0 Å². The summed E-state index contributed by atoms with van der Waals surface area (Å²) in [5, 5.41) is 7.40. The number of aryl methyl sites for hydroxylation is 1. The molecule has 0 unspecified atom stereocenters. The first-order valence-corrected chi connectivity index (χ1v) is 3.58. The van der Waals surface area contributed by atoms with Crippen molar-refractivity contribution in [3.05, 3.63) is 30.1 Å². The molecule has 2 rings (SSSR count). The van der Waals surface area contributed by atoms with Crippen molar-refractivity contribution in [3.8, 4) is 11.4 Å². The summed E-state index contributed by atoms with van der Waals surface area (Å²) in [4.78, 5) is 4.12. The molecule has 0 bridgehead atoms. The summed E-state index contributed by atoms with van der Waals surface area (Å²) in [6.45, 7) is 1.83. The molecule has 0 saturated carbocycles. The Labute approximate surface area is 69.2 Å². The summed E-state index contributed by atoms with van der Waals surface area (Å²) >= 11 is 0. The third kappa shape index (κ3) is 1.07. The molecular formula is C8H7N3O. The van der Waals surface area contributed by atoms with Crippen LogP contribution in [-0.4, -0.2) is 15.3 Å².